The minimum atomic E-state index is -0.443. The van der Waals surface area contributed by atoms with Gasteiger partial charge < -0.3 is 4.74 Å². The van der Waals surface area contributed by atoms with E-state index in [0.717, 1.165) is 0 Å². The van der Waals surface area contributed by atoms with Crippen molar-refractivity contribution in [2.24, 2.45) is 0 Å². The van der Waals surface area contributed by atoms with Crippen molar-refractivity contribution in [3.05, 3.63) is 33.9 Å². The molecule has 5 nitrogen and oxygen atoms in total. The van der Waals surface area contributed by atoms with E-state index in [0.29, 0.717) is 31.4 Å². The summed E-state index contributed by atoms with van der Waals surface area (Å²) in [6.07, 6.45) is 1.55. The molecular formula is C13H17NO4. The molecule has 0 saturated carbocycles. The van der Waals surface area contributed by atoms with Gasteiger partial charge in [-0.25, -0.2) is 0 Å². The fraction of sp³-hybridized carbons (Fsp3) is 0.462. The number of para-hydroxylation sites is 1. The molecule has 0 amide bonds. The Labute approximate surface area is 106 Å². The predicted octanol–water partition coefficient (Wildman–Crippen LogP) is 3.04. The second-order valence-electron chi connectivity index (χ2n) is 4.02. The number of nitro benzene ring substituents is 1. The zero-order valence-corrected chi connectivity index (χ0v) is 10.6. The first-order valence-corrected chi connectivity index (χ1v) is 5.94. The summed E-state index contributed by atoms with van der Waals surface area (Å²) in [6.45, 7) is 3.80. The number of rotatable bonds is 7. The summed E-state index contributed by atoms with van der Waals surface area (Å²) in [7, 11) is 0. The van der Waals surface area contributed by atoms with E-state index in [4.69, 9.17) is 4.74 Å². The molecular weight excluding hydrogens is 234 g/mol. The molecule has 1 aromatic rings. The van der Waals surface area contributed by atoms with Crippen molar-refractivity contribution in [2.75, 3.05) is 6.61 Å². The summed E-state index contributed by atoms with van der Waals surface area (Å²) in [6, 6.07) is 4.97. The topological polar surface area (TPSA) is 69.4 Å². The molecule has 0 radical (unpaired) electrons. The third kappa shape index (κ3) is 3.84. The highest BCUT2D eigenvalue weighted by Crippen LogP contribution is 2.30. The summed E-state index contributed by atoms with van der Waals surface area (Å²) in [4.78, 5) is 21.5. The maximum absolute atomic E-state index is 11.1. The van der Waals surface area contributed by atoms with Crippen molar-refractivity contribution in [2.45, 2.75) is 33.1 Å². The highest BCUT2D eigenvalue weighted by molar-refractivity contribution is 5.77. The van der Waals surface area contributed by atoms with E-state index < -0.39 is 4.92 Å². The number of ketones is 1. The Morgan fingerprint density at radius 2 is 2.17 bits per heavy atom. The first-order valence-electron chi connectivity index (χ1n) is 5.94. The van der Waals surface area contributed by atoms with Crippen molar-refractivity contribution in [1.82, 2.24) is 0 Å². The van der Waals surface area contributed by atoms with E-state index in [9.17, 15) is 14.9 Å². The maximum Gasteiger partial charge on any atom is 0.313 e. The molecule has 0 aliphatic rings. The van der Waals surface area contributed by atoms with Crippen LogP contribution in [-0.4, -0.2) is 17.3 Å². The number of ether oxygens (including phenoxy) is 1. The number of hydrogen-bond acceptors (Lipinski definition) is 4. The lowest BCUT2D eigenvalue weighted by atomic mass is 10.2. The monoisotopic (exact) mass is 251 g/mol. The van der Waals surface area contributed by atoms with Crippen LogP contribution in [0.1, 0.15) is 31.7 Å². The quantitative estimate of drug-likeness (QED) is 0.424. The Bertz CT molecular complexity index is 443. The Kier molecular flexibility index (Phi) is 5.30. The van der Waals surface area contributed by atoms with Gasteiger partial charge >= 0.3 is 5.69 Å². The Balaban J connectivity index is 2.60. The van der Waals surface area contributed by atoms with Crippen LogP contribution in [0.3, 0.4) is 0 Å². The molecule has 0 heterocycles. The SMILES string of the molecule is CCC(=O)CCCOc1cccc(C)c1[N+](=O)[O-]. The van der Waals surface area contributed by atoms with E-state index in [1.54, 1.807) is 25.1 Å². The van der Waals surface area contributed by atoms with Crippen molar-refractivity contribution < 1.29 is 14.5 Å². The second-order valence-corrected chi connectivity index (χ2v) is 4.02. The van der Waals surface area contributed by atoms with E-state index in [1.807, 2.05) is 6.92 Å². The fourth-order valence-electron chi connectivity index (χ4n) is 1.61. The smallest absolute Gasteiger partial charge is 0.313 e. The van der Waals surface area contributed by atoms with E-state index >= 15 is 0 Å². The summed E-state index contributed by atoms with van der Waals surface area (Å²) in [5.74, 6) is 0.446. The van der Waals surface area contributed by atoms with Crippen LogP contribution in [-0.2, 0) is 4.79 Å². The van der Waals surface area contributed by atoms with Gasteiger partial charge in [0.1, 0.15) is 5.78 Å². The van der Waals surface area contributed by atoms with E-state index in [1.165, 1.54) is 0 Å². The lowest BCUT2D eigenvalue weighted by Gasteiger charge is -2.07. The zero-order valence-electron chi connectivity index (χ0n) is 10.6. The molecule has 0 aromatic heterocycles. The minimum Gasteiger partial charge on any atom is -0.487 e. The zero-order chi connectivity index (χ0) is 13.5. The van der Waals surface area contributed by atoms with Crippen molar-refractivity contribution >= 4 is 11.5 Å². The van der Waals surface area contributed by atoms with E-state index in [2.05, 4.69) is 0 Å². The molecule has 0 N–H and O–H groups in total. The van der Waals surface area contributed by atoms with Crippen LogP contribution < -0.4 is 4.74 Å². The van der Waals surface area contributed by atoms with Gasteiger partial charge in [-0.2, -0.15) is 0 Å². The third-order valence-corrected chi connectivity index (χ3v) is 2.64. The lowest BCUT2D eigenvalue weighted by molar-refractivity contribution is -0.386. The van der Waals surface area contributed by atoms with Gasteiger partial charge in [-0.15, -0.1) is 0 Å². The van der Waals surface area contributed by atoms with Gasteiger partial charge in [0.2, 0.25) is 0 Å². The number of hydrogen-bond donors (Lipinski definition) is 0. The molecule has 0 saturated heterocycles. The average molecular weight is 251 g/mol. The van der Waals surface area contributed by atoms with Crippen molar-refractivity contribution in [1.29, 1.82) is 0 Å². The van der Waals surface area contributed by atoms with Gasteiger partial charge in [-0.1, -0.05) is 19.1 Å². The van der Waals surface area contributed by atoms with Crippen LogP contribution in [0.15, 0.2) is 18.2 Å². The van der Waals surface area contributed by atoms with Gasteiger partial charge in [0.15, 0.2) is 5.75 Å². The number of carbonyl (C=O) groups is 1. The Hall–Kier alpha value is -1.91. The predicted molar refractivity (Wildman–Crippen MR) is 67.9 cm³/mol. The average Bonchev–Trinajstić information content (AvgIpc) is 2.33. The lowest BCUT2D eigenvalue weighted by Crippen LogP contribution is -2.04. The summed E-state index contributed by atoms with van der Waals surface area (Å²) >= 11 is 0. The number of carbonyl (C=O) groups excluding carboxylic acids is 1. The number of Topliss-reactive ketones (excluding diaryl/α,β-unsaturated/α-hetero) is 1. The van der Waals surface area contributed by atoms with E-state index in [-0.39, 0.29) is 17.2 Å². The molecule has 18 heavy (non-hydrogen) atoms. The van der Waals surface area contributed by atoms with Crippen LogP contribution in [0.25, 0.3) is 0 Å². The largest absolute Gasteiger partial charge is 0.487 e. The first kappa shape index (κ1) is 14.2. The van der Waals surface area contributed by atoms with Crippen LogP contribution >= 0.6 is 0 Å². The summed E-state index contributed by atoms with van der Waals surface area (Å²) < 4.78 is 5.38. The molecule has 1 rings (SSSR count). The summed E-state index contributed by atoms with van der Waals surface area (Å²) in [5.41, 5.74) is 0.571. The minimum absolute atomic E-state index is 0.000631. The second kappa shape index (κ2) is 6.74. The molecule has 0 spiro atoms. The van der Waals surface area contributed by atoms with Gasteiger partial charge in [-0.3, -0.25) is 14.9 Å². The number of nitro groups is 1. The molecule has 98 valence electrons. The molecule has 0 bridgehead atoms. The maximum atomic E-state index is 11.1. The molecule has 5 heteroatoms. The number of benzene rings is 1. The van der Waals surface area contributed by atoms with Gasteiger partial charge in [0, 0.05) is 18.4 Å². The highest BCUT2D eigenvalue weighted by Gasteiger charge is 2.17. The fourth-order valence-corrected chi connectivity index (χ4v) is 1.61. The number of nitrogens with zero attached hydrogens (tertiary/aromatic N) is 1. The van der Waals surface area contributed by atoms with Gasteiger partial charge in [0.05, 0.1) is 11.5 Å². The molecule has 0 aliphatic heterocycles. The summed E-state index contributed by atoms with van der Waals surface area (Å²) in [5, 5.41) is 10.9. The van der Waals surface area contributed by atoms with Crippen LogP contribution in [0, 0.1) is 17.0 Å². The molecule has 0 unspecified atom stereocenters. The highest BCUT2D eigenvalue weighted by atomic mass is 16.6. The van der Waals surface area contributed by atoms with Crippen LogP contribution in [0.5, 0.6) is 5.75 Å². The first-order chi connectivity index (χ1) is 8.56. The Morgan fingerprint density at radius 3 is 2.78 bits per heavy atom. The third-order valence-electron chi connectivity index (χ3n) is 2.64. The molecule has 1 aromatic carbocycles. The van der Waals surface area contributed by atoms with Crippen molar-refractivity contribution in [3.63, 3.8) is 0 Å². The Morgan fingerprint density at radius 1 is 1.44 bits per heavy atom. The molecule has 0 atom stereocenters. The normalized spacial score (nSPS) is 10.1. The standard InChI is InChI=1S/C13H17NO4/c1-3-11(15)7-5-9-18-12-8-4-6-10(2)13(12)14(16)17/h4,6,8H,3,5,7,9H2,1-2H3. The van der Waals surface area contributed by atoms with Gasteiger partial charge in [0.25, 0.3) is 0 Å². The number of aryl methyl sites for hydroxylation is 1. The molecule has 0 aliphatic carbocycles. The molecule has 0 fully saturated rings. The van der Waals surface area contributed by atoms with Crippen molar-refractivity contribution in [3.8, 4) is 5.75 Å². The van der Waals surface area contributed by atoms with Crippen LogP contribution in [0.4, 0.5) is 5.69 Å². The van der Waals surface area contributed by atoms with Crippen LogP contribution in [0.2, 0.25) is 0 Å². The van der Waals surface area contributed by atoms with Gasteiger partial charge in [-0.05, 0) is 19.4 Å².